The Morgan fingerprint density at radius 1 is 0.960 bits per heavy atom. The highest BCUT2D eigenvalue weighted by molar-refractivity contribution is 5.46. The standard InChI is InChI=1S/C21H29NO3/c1-5-24-20-10-15(4)14(3)9-18(20)17(13-22)11-16-7-8-19(23)21(12-16)25-6-2/h7-10,12,17,23H,5-6,11,13,22H2,1-4H3. The van der Waals surface area contributed by atoms with Gasteiger partial charge in [-0.2, -0.15) is 0 Å². The van der Waals surface area contributed by atoms with Crippen molar-refractivity contribution in [2.24, 2.45) is 5.73 Å². The van der Waals surface area contributed by atoms with E-state index in [9.17, 15) is 5.11 Å². The SMILES string of the molecule is CCOc1cc(CC(CN)c2cc(C)c(C)cc2OCC)ccc1O. The maximum atomic E-state index is 9.89. The molecule has 0 aromatic heterocycles. The van der Waals surface area contributed by atoms with Crippen LogP contribution in [0.5, 0.6) is 17.2 Å². The van der Waals surface area contributed by atoms with Gasteiger partial charge in [0.05, 0.1) is 13.2 Å². The van der Waals surface area contributed by atoms with Gasteiger partial charge in [-0.3, -0.25) is 0 Å². The van der Waals surface area contributed by atoms with Crippen molar-refractivity contribution < 1.29 is 14.6 Å². The van der Waals surface area contributed by atoms with E-state index in [0.717, 1.165) is 23.3 Å². The second-order valence-corrected chi connectivity index (χ2v) is 6.28. The van der Waals surface area contributed by atoms with E-state index in [1.165, 1.54) is 11.1 Å². The maximum absolute atomic E-state index is 9.89. The highest BCUT2D eigenvalue weighted by Crippen LogP contribution is 2.34. The molecular weight excluding hydrogens is 314 g/mol. The predicted octanol–water partition coefficient (Wildman–Crippen LogP) is 4.09. The van der Waals surface area contributed by atoms with Gasteiger partial charge in [0.15, 0.2) is 11.5 Å². The van der Waals surface area contributed by atoms with Crippen molar-refractivity contribution in [3.8, 4) is 17.2 Å². The van der Waals surface area contributed by atoms with Gasteiger partial charge in [0.1, 0.15) is 5.75 Å². The Hall–Kier alpha value is -2.20. The van der Waals surface area contributed by atoms with Crippen LogP contribution in [-0.4, -0.2) is 24.9 Å². The molecule has 136 valence electrons. The van der Waals surface area contributed by atoms with E-state index in [1.54, 1.807) is 6.07 Å². The predicted molar refractivity (Wildman–Crippen MR) is 102 cm³/mol. The number of rotatable bonds is 8. The molecule has 3 N–H and O–H groups in total. The number of aromatic hydroxyl groups is 1. The molecule has 0 aliphatic heterocycles. The molecule has 0 heterocycles. The molecule has 1 atom stereocenters. The Morgan fingerprint density at radius 2 is 1.60 bits per heavy atom. The zero-order valence-electron chi connectivity index (χ0n) is 15.6. The first-order valence-corrected chi connectivity index (χ1v) is 8.88. The lowest BCUT2D eigenvalue weighted by Crippen LogP contribution is -2.17. The second kappa shape index (κ2) is 8.77. The van der Waals surface area contributed by atoms with Crippen LogP contribution in [0.15, 0.2) is 30.3 Å². The summed E-state index contributed by atoms with van der Waals surface area (Å²) in [6.07, 6.45) is 0.763. The summed E-state index contributed by atoms with van der Waals surface area (Å²) >= 11 is 0. The van der Waals surface area contributed by atoms with Crippen molar-refractivity contribution in [3.63, 3.8) is 0 Å². The molecule has 0 radical (unpaired) electrons. The average Bonchev–Trinajstić information content (AvgIpc) is 2.59. The second-order valence-electron chi connectivity index (χ2n) is 6.28. The minimum Gasteiger partial charge on any atom is -0.504 e. The number of benzene rings is 2. The molecule has 0 saturated carbocycles. The third kappa shape index (κ3) is 4.67. The van der Waals surface area contributed by atoms with Crippen molar-refractivity contribution in [1.82, 2.24) is 0 Å². The largest absolute Gasteiger partial charge is 0.504 e. The molecule has 4 heteroatoms. The molecule has 4 nitrogen and oxygen atoms in total. The number of hydrogen-bond donors (Lipinski definition) is 2. The van der Waals surface area contributed by atoms with Crippen LogP contribution in [0.3, 0.4) is 0 Å². The Morgan fingerprint density at radius 3 is 2.24 bits per heavy atom. The minimum absolute atomic E-state index is 0.139. The molecule has 0 aliphatic carbocycles. The van der Waals surface area contributed by atoms with Crippen LogP contribution in [0.25, 0.3) is 0 Å². The molecular formula is C21H29NO3. The molecule has 0 fully saturated rings. The lowest BCUT2D eigenvalue weighted by atomic mass is 9.89. The van der Waals surface area contributed by atoms with Crippen LogP contribution in [0.1, 0.15) is 42.0 Å². The molecule has 2 aromatic carbocycles. The Balaban J connectivity index is 2.34. The zero-order valence-corrected chi connectivity index (χ0v) is 15.6. The molecule has 2 rings (SSSR count). The summed E-state index contributed by atoms with van der Waals surface area (Å²) in [5, 5.41) is 9.89. The van der Waals surface area contributed by atoms with Crippen LogP contribution in [0.4, 0.5) is 0 Å². The van der Waals surface area contributed by atoms with Crippen molar-refractivity contribution in [2.45, 2.75) is 40.0 Å². The quantitative estimate of drug-likeness (QED) is 0.758. The van der Waals surface area contributed by atoms with Gasteiger partial charge in [0.2, 0.25) is 0 Å². The van der Waals surface area contributed by atoms with Gasteiger partial charge in [-0.25, -0.2) is 0 Å². The lowest BCUT2D eigenvalue weighted by molar-refractivity contribution is 0.317. The summed E-state index contributed by atoms with van der Waals surface area (Å²) in [6, 6.07) is 9.77. The number of phenolic OH excluding ortho intramolecular Hbond substituents is 1. The molecule has 0 aliphatic rings. The van der Waals surface area contributed by atoms with Gasteiger partial charge in [0.25, 0.3) is 0 Å². The first-order chi connectivity index (χ1) is 12.0. The normalized spacial score (nSPS) is 12.0. The van der Waals surface area contributed by atoms with Crippen molar-refractivity contribution >= 4 is 0 Å². The van der Waals surface area contributed by atoms with Gasteiger partial charge in [-0.15, -0.1) is 0 Å². The number of aryl methyl sites for hydroxylation is 2. The zero-order chi connectivity index (χ0) is 18.4. The third-order valence-corrected chi connectivity index (χ3v) is 4.46. The van der Waals surface area contributed by atoms with Crippen LogP contribution < -0.4 is 15.2 Å². The highest BCUT2D eigenvalue weighted by Gasteiger charge is 2.18. The van der Waals surface area contributed by atoms with Crippen molar-refractivity contribution in [2.75, 3.05) is 19.8 Å². The molecule has 25 heavy (non-hydrogen) atoms. The monoisotopic (exact) mass is 343 g/mol. The molecule has 2 aromatic rings. The number of ether oxygens (including phenoxy) is 2. The summed E-state index contributed by atoms with van der Waals surface area (Å²) in [7, 11) is 0. The lowest BCUT2D eigenvalue weighted by Gasteiger charge is -2.21. The third-order valence-electron chi connectivity index (χ3n) is 4.46. The molecule has 0 spiro atoms. The fraction of sp³-hybridized carbons (Fsp3) is 0.429. The molecule has 0 bridgehead atoms. The summed E-state index contributed by atoms with van der Waals surface area (Å²) in [5.74, 6) is 1.72. The van der Waals surface area contributed by atoms with Crippen molar-refractivity contribution in [3.05, 3.63) is 52.6 Å². The topological polar surface area (TPSA) is 64.7 Å². The number of phenols is 1. The van der Waals surface area contributed by atoms with E-state index in [0.29, 0.717) is 25.5 Å². The van der Waals surface area contributed by atoms with Crippen LogP contribution in [0.2, 0.25) is 0 Å². The Labute approximate surface area is 150 Å². The summed E-state index contributed by atoms with van der Waals surface area (Å²) in [4.78, 5) is 0. The van der Waals surface area contributed by atoms with E-state index in [1.807, 2.05) is 26.0 Å². The average molecular weight is 343 g/mol. The van der Waals surface area contributed by atoms with E-state index in [-0.39, 0.29) is 11.7 Å². The minimum atomic E-state index is 0.139. The first-order valence-electron chi connectivity index (χ1n) is 8.88. The first kappa shape index (κ1) is 19.1. The van der Waals surface area contributed by atoms with Crippen LogP contribution in [0, 0.1) is 13.8 Å². The molecule has 0 amide bonds. The Kier molecular flexibility index (Phi) is 6.71. The van der Waals surface area contributed by atoms with E-state index in [4.69, 9.17) is 15.2 Å². The smallest absolute Gasteiger partial charge is 0.161 e. The maximum Gasteiger partial charge on any atom is 0.161 e. The molecule has 1 unspecified atom stereocenters. The van der Waals surface area contributed by atoms with Gasteiger partial charge >= 0.3 is 0 Å². The highest BCUT2D eigenvalue weighted by atomic mass is 16.5. The number of hydrogen-bond acceptors (Lipinski definition) is 4. The van der Waals surface area contributed by atoms with Crippen molar-refractivity contribution in [1.29, 1.82) is 0 Å². The van der Waals surface area contributed by atoms with Gasteiger partial charge in [-0.05, 0) is 81.1 Å². The summed E-state index contributed by atoms with van der Waals surface area (Å²) in [5.41, 5.74) is 10.8. The summed E-state index contributed by atoms with van der Waals surface area (Å²) in [6.45, 7) is 9.75. The van der Waals surface area contributed by atoms with E-state index >= 15 is 0 Å². The fourth-order valence-corrected chi connectivity index (χ4v) is 2.97. The van der Waals surface area contributed by atoms with Crippen LogP contribution >= 0.6 is 0 Å². The van der Waals surface area contributed by atoms with Gasteiger partial charge in [0, 0.05) is 5.92 Å². The van der Waals surface area contributed by atoms with E-state index < -0.39 is 0 Å². The van der Waals surface area contributed by atoms with Gasteiger partial charge < -0.3 is 20.3 Å². The van der Waals surface area contributed by atoms with E-state index in [2.05, 4.69) is 26.0 Å². The summed E-state index contributed by atoms with van der Waals surface area (Å²) < 4.78 is 11.3. The number of nitrogens with two attached hydrogens (primary N) is 1. The Bertz CT molecular complexity index is 713. The molecule has 0 saturated heterocycles. The fourth-order valence-electron chi connectivity index (χ4n) is 2.97. The van der Waals surface area contributed by atoms with Gasteiger partial charge in [-0.1, -0.05) is 12.1 Å². The van der Waals surface area contributed by atoms with Crippen LogP contribution in [-0.2, 0) is 6.42 Å².